The van der Waals surface area contributed by atoms with E-state index in [1.54, 1.807) is 0 Å². The van der Waals surface area contributed by atoms with Crippen LogP contribution >= 0.6 is 0 Å². The second-order valence-corrected chi connectivity index (χ2v) is 4.31. The number of rotatable bonds is 10. The minimum Gasteiger partial charge on any atom is -0.431 e. The molecule has 5 nitrogen and oxygen atoms in total. The average Bonchev–Trinajstić information content (AvgIpc) is 2.27. The molecule has 0 bridgehead atoms. The van der Waals surface area contributed by atoms with E-state index in [-0.39, 0.29) is 0 Å². The molecule has 4 N–H and O–H groups in total. The molecule has 0 radical (unpaired) electrons. The molecule has 0 aliphatic carbocycles. The largest absolute Gasteiger partial charge is 0.431 e. The maximum atomic E-state index is 10.5. The Morgan fingerprint density at radius 3 is 2.12 bits per heavy atom. The van der Waals surface area contributed by atoms with Crippen LogP contribution in [0.15, 0.2) is 0 Å². The monoisotopic (exact) mass is 245 g/mol. The van der Waals surface area contributed by atoms with E-state index in [1.807, 2.05) is 0 Å². The third kappa shape index (κ3) is 10.1. The maximum absolute atomic E-state index is 10.5. The van der Waals surface area contributed by atoms with Crippen molar-refractivity contribution in [3.63, 3.8) is 0 Å². The molecule has 0 aromatic rings. The first-order chi connectivity index (χ1) is 8.10. The van der Waals surface area contributed by atoms with E-state index in [2.05, 4.69) is 18.7 Å². The highest BCUT2D eigenvalue weighted by Gasteiger charge is 2.10. The van der Waals surface area contributed by atoms with Gasteiger partial charge in [-0.1, -0.05) is 26.7 Å². The number of hydrogen-bond donors (Lipinski definition) is 2. The summed E-state index contributed by atoms with van der Waals surface area (Å²) in [4.78, 5) is 12.9. The fourth-order valence-electron chi connectivity index (χ4n) is 1.62. The van der Waals surface area contributed by atoms with Crippen molar-refractivity contribution in [2.45, 2.75) is 52.2 Å². The first-order valence-electron chi connectivity index (χ1n) is 6.54. The zero-order chi connectivity index (χ0) is 13.1. The van der Waals surface area contributed by atoms with Crippen LogP contribution in [0.5, 0.6) is 0 Å². The molecule has 0 heterocycles. The minimum absolute atomic E-state index is 0.585. The fraction of sp³-hybridized carbons (Fsp3) is 0.917. The SMILES string of the molecule is CCCCN(CCCC)CCC(N)OC(N)=O. The Hall–Kier alpha value is -0.810. The molecule has 0 rings (SSSR count). The normalized spacial score (nSPS) is 12.7. The Labute approximate surface area is 104 Å². The van der Waals surface area contributed by atoms with Crippen molar-refractivity contribution in [1.82, 2.24) is 4.90 Å². The van der Waals surface area contributed by atoms with E-state index < -0.39 is 12.3 Å². The number of amides is 1. The zero-order valence-electron chi connectivity index (χ0n) is 11.2. The van der Waals surface area contributed by atoms with E-state index in [0.717, 1.165) is 19.6 Å². The molecule has 0 aliphatic heterocycles. The minimum atomic E-state index is -0.800. The van der Waals surface area contributed by atoms with Crippen molar-refractivity contribution in [3.8, 4) is 0 Å². The Kier molecular flexibility index (Phi) is 9.86. The van der Waals surface area contributed by atoms with Crippen LogP contribution in [0.1, 0.15) is 46.0 Å². The van der Waals surface area contributed by atoms with E-state index in [1.165, 1.54) is 25.7 Å². The molecule has 0 spiro atoms. The molecule has 5 heteroatoms. The summed E-state index contributed by atoms with van der Waals surface area (Å²) in [6.45, 7) is 7.38. The highest BCUT2D eigenvalue weighted by molar-refractivity contribution is 5.64. The molecule has 0 saturated carbocycles. The van der Waals surface area contributed by atoms with Gasteiger partial charge in [-0.15, -0.1) is 0 Å². The number of nitrogens with two attached hydrogens (primary N) is 2. The Balaban J connectivity index is 3.83. The van der Waals surface area contributed by atoms with Gasteiger partial charge in [-0.2, -0.15) is 0 Å². The number of carbonyl (C=O) groups is 1. The number of unbranched alkanes of at least 4 members (excludes halogenated alkanes) is 2. The standard InChI is InChI=1S/C12H27N3O2/c1-3-5-8-15(9-6-4-2)10-7-11(13)17-12(14)16/h11H,3-10,13H2,1-2H3,(H2,14,16). The van der Waals surface area contributed by atoms with Crippen molar-refractivity contribution in [2.24, 2.45) is 11.5 Å². The fourth-order valence-corrected chi connectivity index (χ4v) is 1.62. The molecular formula is C12H27N3O2. The summed E-state index contributed by atoms with van der Waals surface area (Å²) in [6, 6.07) is 0. The third-order valence-corrected chi connectivity index (χ3v) is 2.65. The van der Waals surface area contributed by atoms with Crippen LogP contribution < -0.4 is 11.5 Å². The first kappa shape index (κ1) is 16.2. The summed E-state index contributed by atoms with van der Waals surface area (Å²) in [5, 5.41) is 0. The van der Waals surface area contributed by atoms with Gasteiger partial charge in [-0.05, 0) is 25.9 Å². The van der Waals surface area contributed by atoms with Gasteiger partial charge in [0.05, 0.1) is 0 Å². The lowest BCUT2D eigenvalue weighted by Crippen LogP contribution is -2.35. The van der Waals surface area contributed by atoms with Crippen molar-refractivity contribution in [2.75, 3.05) is 19.6 Å². The van der Waals surface area contributed by atoms with Crippen molar-refractivity contribution in [3.05, 3.63) is 0 Å². The van der Waals surface area contributed by atoms with Crippen molar-refractivity contribution >= 4 is 6.09 Å². The van der Waals surface area contributed by atoms with Gasteiger partial charge in [-0.3, -0.25) is 5.73 Å². The Bertz CT molecular complexity index is 192. The molecule has 0 aromatic carbocycles. The summed E-state index contributed by atoms with van der Waals surface area (Å²) < 4.78 is 4.70. The van der Waals surface area contributed by atoms with Crippen LogP contribution in [0, 0.1) is 0 Å². The molecule has 0 saturated heterocycles. The van der Waals surface area contributed by atoms with Crippen LogP contribution in [-0.4, -0.2) is 36.9 Å². The van der Waals surface area contributed by atoms with Crippen LogP contribution in [0.3, 0.4) is 0 Å². The summed E-state index contributed by atoms with van der Waals surface area (Å²) in [6.07, 6.45) is 4.00. The summed E-state index contributed by atoms with van der Waals surface area (Å²) in [5.41, 5.74) is 10.5. The van der Waals surface area contributed by atoms with Gasteiger partial charge < -0.3 is 15.4 Å². The van der Waals surface area contributed by atoms with E-state index in [0.29, 0.717) is 6.42 Å². The van der Waals surface area contributed by atoms with Crippen LogP contribution in [0.25, 0.3) is 0 Å². The lowest BCUT2D eigenvalue weighted by molar-refractivity contribution is 0.0951. The number of primary amides is 1. The quantitative estimate of drug-likeness (QED) is 0.573. The van der Waals surface area contributed by atoms with Gasteiger partial charge in [0, 0.05) is 13.0 Å². The molecule has 17 heavy (non-hydrogen) atoms. The zero-order valence-corrected chi connectivity index (χ0v) is 11.2. The molecule has 102 valence electrons. The Morgan fingerprint density at radius 1 is 1.18 bits per heavy atom. The van der Waals surface area contributed by atoms with Gasteiger partial charge in [-0.25, -0.2) is 4.79 Å². The van der Waals surface area contributed by atoms with Gasteiger partial charge in [0.25, 0.3) is 0 Å². The van der Waals surface area contributed by atoms with E-state index in [4.69, 9.17) is 16.2 Å². The number of nitrogens with zero attached hydrogens (tertiary/aromatic N) is 1. The lowest BCUT2D eigenvalue weighted by Gasteiger charge is -2.23. The third-order valence-electron chi connectivity index (χ3n) is 2.65. The lowest BCUT2D eigenvalue weighted by atomic mass is 10.2. The van der Waals surface area contributed by atoms with E-state index >= 15 is 0 Å². The molecular weight excluding hydrogens is 218 g/mol. The number of carbonyl (C=O) groups excluding carboxylic acids is 1. The summed E-state index contributed by atoms with van der Waals surface area (Å²) in [7, 11) is 0. The molecule has 1 unspecified atom stereocenters. The van der Waals surface area contributed by atoms with Gasteiger partial charge in [0.1, 0.15) is 0 Å². The molecule has 1 atom stereocenters. The summed E-state index contributed by atoms with van der Waals surface area (Å²) in [5.74, 6) is 0. The smallest absolute Gasteiger partial charge is 0.406 e. The van der Waals surface area contributed by atoms with Crippen LogP contribution in [0.2, 0.25) is 0 Å². The molecule has 0 aromatic heterocycles. The van der Waals surface area contributed by atoms with Crippen molar-refractivity contribution < 1.29 is 9.53 Å². The first-order valence-corrected chi connectivity index (χ1v) is 6.54. The average molecular weight is 245 g/mol. The van der Waals surface area contributed by atoms with Crippen LogP contribution in [-0.2, 0) is 4.74 Å². The topological polar surface area (TPSA) is 81.6 Å². The highest BCUT2D eigenvalue weighted by Crippen LogP contribution is 2.02. The van der Waals surface area contributed by atoms with E-state index in [9.17, 15) is 4.79 Å². The second-order valence-electron chi connectivity index (χ2n) is 4.31. The van der Waals surface area contributed by atoms with Gasteiger partial charge in [0.2, 0.25) is 0 Å². The predicted molar refractivity (Wildman–Crippen MR) is 69.5 cm³/mol. The highest BCUT2D eigenvalue weighted by atomic mass is 16.6. The number of hydrogen-bond acceptors (Lipinski definition) is 4. The molecule has 0 aliphatic rings. The molecule has 1 amide bonds. The van der Waals surface area contributed by atoms with Gasteiger partial charge >= 0.3 is 6.09 Å². The predicted octanol–water partition coefficient (Wildman–Crippen LogP) is 1.66. The maximum Gasteiger partial charge on any atom is 0.406 e. The van der Waals surface area contributed by atoms with Crippen molar-refractivity contribution in [1.29, 1.82) is 0 Å². The summed E-state index contributed by atoms with van der Waals surface area (Å²) >= 11 is 0. The molecule has 0 fully saturated rings. The van der Waals surface area contributed by atoms with Crippen LogP contribution in [0.4, 0.5) is 4.79 Å². The second kappa shape index (κ2) is 10.4. The van der Waals surface area contributed by atoms with Gasteiger partial charge in [0.15, 0.2) is 6.23 Å². The number of ether oxygens (including phenoxy) is 1. The Morgan fingerprint density at radius 2 is 1.71 bits per heavy atom.